The minimum absolute atomic E-state index is 0.716. The van der Waals surface area contributed by atoms with Crippen molar-refractivity contribution < 1.29 is 4.74 Å². The van der Waals surface area contributed by atoms with Crippen LogP contribution in [0, 0.1) is 0 Å². The van der Waals surface area contributed by atoms with E-state index in [1.807, 2.05) is 0 Å². The fourth-order valence-electron chi connectivity index (χ4n) is 3.33. The van der Waals surface area contributed by atoms with Crippen molar-refractivity contribution in [3.63, 3.8) is 0 Å². The molecule has 0 saturated heterocycles. The maximum atomic E-state index is 5.22. The second kappa shape index (κ2) is 9.38. The second-order valence-electron chi connectivity index (χ2n) is 6.82. The second-order valence-corrected chi connectivity index (χ2v) is 6.82. The molecule has 3 rings (SSSR count). The van der Waals surface area contributed by atoms with Crippen molar-refractivity contribution in [3.8, 4) is 0 Å². The van der Waals surface area contributed by atoms with Crippen LogP contribution in [0.2, 0.25) is 0 Å². The van der Waals surface area contributed by atoms with Crippen LogP contribution in [0.4, 0.5) is 11.4 Å². The summed E-state index contributed by atoms with van der Waals surface area (Å²) in [6, 6.07) is 19.1. The highest BCUT2D eigenvalue weighted by Gasteiger charge is 2.09. The van der Waals surface area contributed by atoms with Gasteiger partial charge in [0.1, 0.15) is 0 Å². The van der Waals surface area contributed by atoms with Crippen molar-refractivity contribution in [1.29, 1.82) is 0 Å². The highest BCUT2D eigenvalue weighted by molar-refractivity contribution is 5.91. The molecule has 3 aromatic rings. The lowest BCUT2D eigenvalue weighted by Crippen LogP contribution is -2.23. The van der Waals surface area contributed by atoms with E-state index in [0.717, 1.165) is 42.8 Å². The van der Waals surface area contributed by atoms with E-state index in [-0.39, 0.29) is 0 Å². The molecule has 0 aliphatic rings. The van der Waals surface area contributed by atoms with Crippen LogP contribution >= 0.6 is 0 Å². The number of ether oxygens (including phenoxy) is 1. The van der Waals surface area contributed by atoms with Crippen LogP contribution in [0.1, 0.15) is 24.6 Å². The fourth-order valence-corrected chi connectivity index (χ4v) is 3.33. The van der Waals surface area contributed by atoms with Crippen molar-refractivity contribution in [2.75, 3.05) is 37.5 Å². The van der Waals surface area contributed by atoms with E-state index in [1.165, 1.54) is 16.6 Å². The molecular formula is C23H29N3O. The van der Waals surface area contributed by atoms with Gasteiger partial charge >= 0.3 is 0 Å². The van der Waals surface area contributed by atoms with Gasteiger partial charge in [-0.1, -0.05) is 49.7 Å². The summed E-state index contributed by atoms with van der Waals surface area (Å²) < 4.78 is 5.22. The summed E-state index contributed by atoms with van der Waals surface area (Å²) in [7, 11) is 3.85. The van der Waals surface area contributed by atoms with Crippen LogP contribution in [0.25, 0.3) is 10.9 Å². The van der Waals surface area contributed by atoms with E-state index in [1.54, 1.807) is 7.11 Å². The van der Waals surface area contributed by atoms with Crippen LogP contribution in [0.5, 0.6) is 0 Å². The molecule has 1 heterocycles. The summed E-state index contributed by atoms with van der Waals surface area (Å²) >= 11 is 0. The van der Waals surface area contributed by atoms with Gasteiger partial charge in [-0.25, -0.2) is 0 Å². The molecule has 4 heteroatoms. The first-order valence-corrected chi connectivity index (χ1v) is 9.63. The Kier molecular flexibility index (Phi) is 6.66. The first kappa shape index (κ1) is 19.2. The van der Waals surface area contributed by atoms with Gasteiger partial charge in [0.2, 0.25) is 0 Å². The average molecular weight is 364 g/mol. The normalized spacial score (nSPS) is 10.9. The maximum Gasteiger partial charge on any atom is 0.0726 e. The zero-order valence-electron chi connectivity index (χ0n) is 16.5. The molecule has 0 fully saturated rings. The van der Waals surface area contributed by atoms with E-state index in [2.05, 4.69) is 78.8 Å². The Balaban J connectivity index is 1.85. The Hall–Kier alpha value is -2.59. The molecule has 0 unspecified atom stereocenters. The number of aromatic nitrogens is 1. The fraction of sp³-hybridized carbons (Fsp3) is 0.348. The van der Waals surface area contributed by atoms with Crippen molar-refractivity contribution in [2.24, 2.45) is 0 Å². The summed E-state index contributed by atoms with van der Waals surface area (Å²) in [6.07, 6.45) is 2.09. The number of aryl methyl sites for hydroxylation is 1. The molecule has 0 aliphatic carbocycles. The Morgan fingerprint density at radius 2 is 1.85 bits per heavy atom. The molecular weight excluding hydrogens is 334 g/mol. The van der Waals surface area contributed by atoms with Gasteiger partial charge in [0.25, 0.3) is 0 Å². The van der Waals surface area contributed by atoms with Crippen molar-refractivity contribution >= 4 is 22.3 Å². The van der Waals surface area contributed by atoms with Crippen LogP contribution < -0.4 is 10.2 Å². The zero-order chi connectivity index (χ0) is 19.1. The van der Waals surface area contributed by atoms with E-state index in [4.69, 9.17) is 9.72 Å². The summed E-state index contributed by atoms with van der Waals surface area (Å²) in [5, 5.41) is 4.83. The molecule has 0 saturated carbocycles. The first-order valence-electron chi connectivity index (χ1n) is 9.63. The predicted octanol–water partition coefficient (Wildman–Crippen LogP) is 4.88. The third kappa shape index (κ3) is 4.77. The number of likely N-dealkylation sites (N-methyl/N-ethyl adjacent to an activating group) is 1. The van der Waals surface area contributed by atoms with Gasteiger partial charge in [-0.15, -0.1) is 0 Å². The van der Waals surface area contributed by atoms with E-state index >= 15 is 0 Å². The van der Waals surface area contributed by atoms with Gasteiger partial charge in [0.15, 0.2) is 0 Å². The summed E-state index contributed by atoms with van der Waals surface area (Å²) in [6.45, 7) is 4.54. The maximum absolute atomic E-state index is 5.22. The van der Waals surface area contributed by atoms with Crippen LogP contribution in [0.15, 0.2) is 54.6 Å². The average Bonchev–Trinajstić information content (AvgIpc) is 2.70. The number of nitrogens with one attached hydrogen (secondary N) is 1. The minimum atomic E-state index is 0.716. The minimum Gasteiger partial charge on any atom is -0.383 e. The number of benzene rings is 2. The summed E-state index contributed by atoms with van der Waals surface area (Å²) in [5.74, 6) is 0. The molecule has 142 valence electrons. The van der Waals surface area contributed by atoms with Crippen molar-refractivity contribution in [1.82, 2.24) is 4.98 Å². The number of anilines is 2. The van der Waals surface area contributed by atoms with Crippen LogP contribution in [-0.2, 0) is 17.7 Å². The van der Waals surface area contributed by atoms with Crippen LogP contribution in [-0.4, -0.2) is 32.3 Å². The third-order valence-electron chi connectivity index (χ3n) is 4.78. The summed E-state index contributed by atoms with van der Waals surface area (Å²) in [4.78, 5) is 7.04. The molecule has 0 aliphatic heterocycles. The van der Waals surface area contributed by atoms with Gasteiger partial charge in [-0.2, -0.15) is 0 Å². The largest absolute Gasteiger partial charge is 0.383 e. The third-order valence-corrected chi connectivity index (χ3v) is 4.78. The molecule has 4 nitrogen and oxygen atoms in total. The molecule has 0 bridgehead atoms. The number of pyridine rings is 1. The molecule has 2 aromatic carbocycles. The lowest BCUT2D eigenvalue weighted by molar-refractivity contribution is 0.206. The smallest absolute Gasteiger partial charge is 0.0726 e. The Morgan fingerprint density at radius 1 is 1.07 bits per heavy atom. The Bertz CT molecular complexity index is 878. The molecule has 0 radical (unpaired) electrons. The van der Waals surface area contributed by atoms with E-state index in [0.29, 0.717) is 6.61 Å². The van der Waals surface area contributed by atoms with Crippen molar-refractivity contribution in [2.45, 2.75) is 26.3 Å². The number of rotatable bonds is 9. The van der Waals surface area contributed by atoms with Crippen LogP contribution in [0.3, 0.4) is 0 Å². The number of fused-ring (bicyclic) bond motifs is 1. The highest BCUT2D eigenvalue weighted by Crippen LogP contribution is 2.26. The predicted molar refractivity (Wildman–Crippen MR) is 115 cm³/mol. The molecule has 1 N–H and O–H groups in total. The SMILES string of the molecule is CCCc1cc(NCc2ccccc2N(C)CCOC)c2ccccc2n1. The monoisotopic (exact) mass is 363 g/mol. The molecule has 0 atom stereocenters. The van der Waals surface area contributed by atoms with Gasteiger partial charge in [0, 0.05) is 49.7 Å². The molecule has 27 heavy (non-hydrogen) atoms. The van der Waals surface area contributed by atoms with Gasteiger partial charge in [-0.3, -0.25) is 4.98 Å². The van der Waals surface area contributed by atoms with E-state index < -0.39 is 0 Å². The number of hydrogen-bond donors (Lipinski definition) is 1. The van der Waals surface area contributed by atoms with E-state index in [9.17, 15) is 0 Å². The Morgan fingerprint density at radius 3 is 2.67 bits per heavy atom. The Labute approximate surface area is 162 Å². The lowest BCUT2D eigenvalue weighted by Gasteiger charge is -2.22. The highest BCUT2D eigenvalue weighted by atomic mass is 16.5. The quantitative estimate of drug-likeness (QED) is 0.588. The zero-order valence-corrected chi connectivity index (χ0v) is 16.5. The number of para-hydroxylation sites is 2. The number of nitrogens with zero attached hydrogens (tertiary/aromatic N) is 2. The van der Waals surface area contributed by atoms with Gasteiger partial charge in [0.05, 0.1) is 12.1 Å². The lowest BCUT2D eigenvalue weighted by atomic mass is 10.1. The number of methoxy groups -OCH3 is 1. The van der Waals surface area contributed by atoms with Gasteiger partial charge in [-0.05, 0) is 30.2 Å². The topological polar surface area (TPSA) is 37.4 Å². The van der Waals surface area contributed by atoms with Crippen molar-refractivity contribution in [3.05, 3.63) is 65.9 Å². The standard InChI is InChI=1S/C23H29N3O/c1-4-9-19-16-22(20-11-6-7-12-21(20)25-19)24-17-18-10-5-8-13-23(18)26(2)14-15-27-3/h5-8,10-13,16H,4,9,14-15,17H2,1-3H3,(H,24,25). The van der Waals surface area contributed by atoms with Gasteiger partial charge < -0.3 is 15.0 Å². The molecule has 0 amide bonds. The number of hydrogen-bond acceptors (Lipinski definition) is 4. The first-order chi connectivity index (χ1) is 13.2. The molecule has 0 spiro atoms. The summed E-state index contributed by atoms with van der Waals surface area (Å²) in [5.41, 5.74) is 5.85. The molecule has 1 aromatic heterocycles.